The minimum Gasteiger partial charge on any atom is -0.324 e. The molecule has 2 nitrogen and oxygen atoms in total. The summed E-state index contributed by atoms with van der Waals surface area (Å²) >= 11 is 4.03. The second-order valence-corrected chi connectivity index (χ2v) is 4.00. The normalized spacial score (nSPS) is 9.73. The summed E-state index contributed by atoms with van der Waals surface area (Å²) in [4.78, 5) is 1.28. The van der Waals surface area contributed by atoms with Crippen LogP contribution in [0, 0.1) is 3.57 Å². The molecular weight excluding hydrogens is 271 g/mol. The van der Waals surface area contributed by atoms with Crippen molar-refractivity contribution in [2.75, 3.05) is 11.7 Å². The maximum atomic E-state index is 5.25. The summed E-state index contributed by atoms with van der Waals surface area (Å²) in [5.41, 5.74) is 3.56. The molecule has 1 rings (SSSR count). The summed E-state index contributed by atoms with van der Waals surface area (Å²) in [5, 5.41) is 0. The maximum absolute atomic E-state index is 5.25. The first kappa shape index (κ1) is 9.15. The van der Waals surface area contributed by atoms with E-state index in [9.17, 15) is 0 Å². The van der Waals surface area contributed by atoms with Crippen LogP contribution in [0.15, 0.2) is 23.1 Å². The van der Waals surface area contributed by atoms with Gasteiger partial charge < -0.3 is 5.43 Å². The molecular formula is C7H9IN2S. The molecule has 0 saturated heterocycles. The number of hydrogen-bond donors (Lipinski definition) is 2. The number of nitrogens with one attached hydrogen (secondary N) is 1. The van der Waals surface area contributed by atoms with Gasteiger partial charge in [0.25, 0.3) is 0 Å². The predicted molar refractivity (Wildman–Crippen MR) is 58.8 cm³/mol. The highest BCUT2D eigenvalue weighted by molar-refractivity contribution is 14.1. The Labute approximate surface area is 84.0 Å². The van der Waals surface area contributed by atoms with Crippen LogP contribution in [0.4, 0.5) is 5.69 Å². The van der Waals surface area contributed by atoms with Crippen molar-refractivity contribution in [2.24, 2.45) is 5.84 Å². The molecule has 0 aromatic heterocycles. The maximum Gasteiger partial charge on any atom is 0.0496 e. The van der Waals surface area contributed by atoms with Crippen molar-refractivity contribution < 1.29 is 0 Å². The largest absolute Gasteiger partial charge is 0.324 e. The molecule has 0 amide bonds. The average molecular weight is 280 g/mol. The zero-order valence-electron chi connectivity index (χ0n) is 6.10. The number of hydrogen-bond acceptors (Lipinski definition) is 3. The highest BCUT2D eigenvalue weighted by Gasteiger charge is 1.97. The van der Waals surface area contributed by atoms with Crippen LogP contribution in [-0.2, 0) is 0 Å². The summed E-state index contributed by atoms with van der Waals surface area (Å²) in [5.74, 6) is 5.25. The van der Waals surface area contributed by atoms with Crippen molar-refractivity contribution in [1.29, 1.82) is 0 Å². The summed E-state index contributed by atoms with van der Waals surface area (Å²) in [6, 6.07) is 6.04. The van der Waals surface area contributed by atoms with Crippen molar-refractivity contribution in [3.8, 4) is 0 Å². The number of thioether (sulfide) groups is 1. The highest BCUT2D eigenvalue weighted by Crippen LogP contribution is 2.24. The third kappa shape index (κ3) is 2.25. The quantitative estimate of drug-likeness (QED) is 0.378. The molecule has 0 atom stereocenters. The first-order chi connectivity index (χ1) is 5.27. The first-order valence-corrected chi connectivity index (χ1v) is 5.38. The summed E-state index contributed by atoms with van der Waals surface area (Å²) in [6.45, 7) is 0. The van der Waals surface area contributed by atoms with Gasteiger partial charge in [-0.3, -0.25) is 5.84 Å². The zero-order chi connectivity index (χ0) is 8.27. The van der Waals surface area contributed by atoms with Gasteiger partial charge in [0.05, 0.1) is 0 Å². The third-order valence-corrected chi connectivity index (χ3v) is 3.37. The van der Waals surface area contributed by atoms with Crippen molar-refractivity contribution in [1.82, 2.24) is 0 Å². The van der Waals surface area contributed by atoms with E-state index in [1.165, 1.54) is 8.47 Å². The average Bonchev–Trinajstić information content (AvgIpc) is 2.04. The predicted octanol–water partition coefficient (Wildman–Crippen LogP) is 2.30. The van der Waals surface area contributed by atoms with E-state index in [4.69, 9.17) is 5.84 Å². The standard InChI is InChI=1S/C7H9IN2S/c1-11-7-3-2-5(10-9)4-6(7)8/h2-4,10H,9H2,1H3. The second-order valence-electron chi connectivity index (χ2n) is 1.99. The Morgan fingerprint density at radius 2 is 2.27 bits per heavy atom. The number of hydrazine groups is 1. The minimum absolute atomic E-state index is 0.951. The van der Waals surface area contributed by atoms with Gasteiger partial charge >= 0.3 is 0 Å². The molecule has 0 bridgehead atoms. The summed E-state index contributed by atoms with van der Waals surface area (Å²) in [6.07, 6.45) is 2.06. The van der Waals surface area contributed by atoms with Gasteiger partial charge in [-0.2, -0.15) is 0 Å². The molecule has 0 heterocycles. The molecule has 3 N–H and O–H groups in total. The Hall–Kier alpha value is 0.0600. The van der Waals surface area contributed by atoms with E-state index < -0.39 is 0 Å². The number of nitrogen functional groups attached to an aromatic ring is 1. The van der Waals surface area contributed by atoms with Gasteiger partial charge in [0.15, 0.2) is 0 Å². The fourth-order valence-corrected chi connectivity index (χ4v) is 2.39. The van der Waals surface area contributed by atoms with Crippen molar-refractivity contribution >= 4 is 40.0 Å². The van der Waals surface area contributed by atoms with Crippen molar-refractivity contribution in [3.63, 3.8) is 0 Å². The Balaban J connectivity index is 2.99. The third-order valence-electron chi connectivity index (χ3n) is 1.32. The van der Waals surface area contributed by atoms with Crippen LogP contribution in [-0.4, -0.2) is 6.26 Å². The van der Waals surface area contributed by atoms with Gasteiger partial charge in [0.1, 0.15) is 0 Å². The molecule has 0 aliphatic heterocycles. The molecule has 0 aliphatic carbocycles. The van der Waals surface area contributed by atoms with E-state index in [2.05, 4.69) is 40.3 Å². The Kier molecular flexibility index (Phi) is 3.47. The lowest BCUT2D eigenvalue weighted by Gasteiger charge is -2.03. The van der Waals surface area contributed by atoms with Gasteiger partial charge in [-0.1, -0.05) is 0 Å². The number of benzene rings is 1. The molecule has 11 heavy (non-hydrogen) atoms. The van der Waals surface area contributed by atoms with E-state index in [1.54, 1.807) is 11.8 Å². The molecule has 0 radical (unpaired) electrons. The lowest BCUT2D eigenvalue weighted by Crippen LogP contribution is -2.06. The lowest BCUT2D eigenvalue weighted by molar-refractivity contribution is 1.31. The molecule has 0 saturated carbocycles. The van der Waals surface area contributed by atoms with Crippen LogP contribution in [0.2, 0.25) is 0 Å². The van der Waals surface area contributed by atoms with E-state index in [0.29, 0.717) is 0 Å². The smallest absolute Gasteiger partial charge is 0.0496 e. The summed E-state index contributed by atoms with van der Waals surface area (Å²) < 4.78 is 1.23. The summed E-state index contributed by atoms with van der Waals surface area (Å²) in [7, 11) is 0. The lowest BCUT2D eigenvalue weighted by atomic mass is 10.3. The number of rotatable bonds is 2. The van der Waals surface area contributed by atoms with Crippen LogP contribution in [0.1, 0.15) is 0 Å². The second kappa shape index (κ2) is 4.18. The van der Waals surface area contributed by atoms with E-state index in [1.807, 2.05) is 12.1 Å². The molecule has 1 aromatic carbocycles. The molecule has 1 aromatic rings. The number of anilines is 1. The Morgan fingerprint density at radius 1 is 1.55 bits per heavy atom. The highest BCUT2D eigenvalue weighted by atomic mass is 127. The minimum atomic E-state index is 0.951. The SMILES string of the molecule is CSc1ccc(NN)cc1I. The van der Waals surface area contributed by atoms with E-state index in [0.717, 1.165) is 5.69 Å². The molecule has 0 aliphatic rings. The van der Waals surface area contributed by atoms with Crippen LogP contribution in [0.3, 0.4) is 0 Å². The van der Waals surface area contributed by atoms with Gasteiger partial charge in [-0.15, -0.1) is 11.8 Å². The van der Waals surface area contributed by atoms with Crippen LogP contribution < -0.4 is 11.3 Å². The number of halogens is 1. The van der Waals surface area contributed by atoms with Gasteiger partial charge in [0, 0.05) is 14.2 Å². The van der Waals surface area contributed by atoms with Gasteiger partial charge in [-0.25, -0.2) is 0 Å². The van der Waals surface area contributed by atoms with Crippen LogP contribution in [0.25, 0.3) is 0 Å². The molecule has 0 unspecified atom stereocenters. The van der Waals surface area contributed by atoms with Crippen molar-refractivity contribution in [2.45, 2.75) is 4.90 Å². The molecule has 4 heteroatoms. The fourth-order valence-electron chi connectivity index (χ4n) is 0.756. The van der Waals surface area contributed by atoms with E-state index in [-0.39, 0.29) is 0 Å². The topological polar surface area (TPSA) is 38.0 Å². The van der Waals surface area contributed by atoms with Crippen LogP contribution >= 0.6 is 34.4 Å². The Bertz CT molecular complexity index is 252. The fraction of sp³-hybridized carbons (Fsp3) is 0.143. The first-order valence-electron chi connectivity index (χ1n) is 3.08. The monoisotopic (exact) mass is 280 g/mol. The van der Waals surface area contributed by atoms with Crippen molar-refractivity contribution in [3.05, 3.63) is 21.8 Å². The van der Waals surface area contributed by atoms with E-state index >= 15 is 0 Å². The van der Waals surface area contributed by atoms with Gasteiger partial charge in [-0.05, 0) is 47.0 Å². The Morgan fingerprint density at radius 3 is 2.73 bits per heavy atom. The molecule has 0 spiro atoms. The zero-order valence-corrected chi connectivity index (χ0v) is 9.07. The molecule has 0 fully saturated rings. The van der Waals surface area contributed by atoms with Gasteiger partial charge in [0.2, 0.25) is 0 Å². The molecule has 60 valence electrons. The number of nitrogens with two attached hydrogens (primary N) is 1. The van der Waals surface area contributed by atoms with Crippen LogP contribution in [0.5, 0.6) is 0 Å².